The first-order valence-electron chi connectivity index (χ1n) is 13.5. The molecular weight excluding hydrogens is 539 g/mol. The van der Waals surface area contributed by atoms with Crippen molar-refractivity contribution < 1.29 is 22.7 Å². The Kier molecular flexibility index (Phi) is 7.11. The number of fused-ring (bicyclic) bond motifs is 2. The van der Waals surface area contributed by atoms with Gasteiger partial charge >= 0.3 is 6.18 Å². The third kappa shape index (κ3) is 5.36. The molecule has 2 bridgehead atoms. The van der Waals surface area contributed by atoms with Gasteiger partial charge in [0, 0.05) is 38.4 Å². The van der Waals surface area contributed by atoms with E-state index in [-0.39, 0.29) is 23.2 Å². The number of nitrogen functional groups attached to an aromatic ring is 1. The SMILES string of the molecule is Nc1ncc(-c2nc(N3CCOCC3)ccc2C(F)(F)F)nc1C(=O)Nc1ncccc1N1CC2CCC(C1)C2N. The second-order valence-corrected chi connectivity index (χ2v) is 10.6. The van der Waals surface area contributed by atoms with Crippen LogP contribution in [0.2, 0.25) is 0 Å². The van der Waals surface area contributed by atoms with Crippen LogP contribution in [-0.2, 0) is 10.9 Å². The van der Waals surface area contributed by atoms with E-state index in [1.807, 2.05) is 11.0 Å². The van der Waals surface area contributed by atoms with Crippen molar-refractivity contribution in [1.29, 1.82) is 0 Å². The molecule has 1 aliphatic carbocycles. The third-order valence-electron chi connectivity index (χ3n) is 8.05. The van der Waals surface area contributed by atoms with E-state index >= 15 is 0 Å². The van der Waals surface area contributed by atoms with Gasteiger partial charge in [0.05, 0.1) is 30.7 Å². The second-order valence-electron chi connectivity index (χ2n) is 10.6. The van der Waals surface area contributed by atoms with Gasteiger partial charge in [0.2, 0.25) is 0 Å². The van der Waals surface area contributed by atoms with Crippen molar-refractivity contribution >= 4 is 29.0 Å². The molecule has 3 aromatic heterocycles. The zero-order chi connectivity index (χ0) is 28.7. The maximum atomic E-state index is 14.0. The molecular formula is C27H30F3N9O2. The number of morpholine rings is 1. The molecule has 14 heteroatoms. The molecule has 3 fully saturated rings. The summed E-state index contributed by atoms with van der Waals surface area (Å²) >= 11 is 0. The van der Waals surface area contributed by atoms with E-state index < -0.39 is 23.3 Å². The van der Waals surface area contributed by atoms with Crippen LogP contribution in [0.3, 0.4) is 0 Å². The van der Waals surface area contributed by atoms with Gasteiger partial charge in [0.1, 0.15) is 17.2 Å². The zero-order valence-corrected chi connectivity index (χ0v) is 22.1. The molecule has 3 aromatic rings. The van der Waals surface area contributed by atoms with Crippen LogP contribution < -0.4 is 26.6 Å². The summed E-state index contributed by atoms with van der Waals surface area (Å²) in [5.41, 5.74) is 11.1. The van der Waals surface area contributed by atoms with E-state index in [4.69, 9.17) is 16.2 Å². The standard InChI is InChI=1S/C27H30F3N9O2/c28-27(29,30)17-5-6-20(38-8-10-41-11-9-38)36-22(17)18-12-34-24(32)23(35-18)26(40)37-25-19(2-1-7-33-25)39-13-15-3-4-16(14-39)21(15)31/h1-2,5-7,12,15-16,21H,3-4,8-11,13-14,31H2,(H2,32,34)(H,33,37,40). The number of amides is 1. The Morgan fingerprint density at radius 1 is 1.02 bits per heavy atom. The van der Waals surface area contributed by atoms with E-state index in [2.05, 4.69) is 30.2 Å². The van der Waals surface area contributed by atoms with Gasteiger partial charge in [-0.15, -0.1) is 0 Å². The Hall–Kier alpha value is -4.04. The second kappa shape index (κ2) is 10.7. The summed E-state index contributed by atoms with van der Waals surface area (Å²) in [7, 11) is 0. The number of rotatable bonds is 5. The molecule has 1 amide bonds. The molecule has 0 radical (unpaired) electrons. The molecule has 3 aliphatic rings. The normalized spacial score (nSPS) is 22.6. The number of nitrogens with one attached hydrogen (secondary N) is 1. The quantitative estimate of drug-likeness (QED) is 0.419. The summed E-state index contributed by atoms with van der Waals surface area (Å²) < 4.78 is 47.3. The number of carbonyl (C=O) groups is 1. The van der Waals surface area contributed by atoms with Crippen LogP contribution in [0.4, 0.5) is 36.3 Å². The number of carbonyl (C=O) groups excluding carboxylic acids is 1. The number of nitrogens with zero attached hydrogens (tertiary/aromatic N) is 6. The minimum Gasteiger partial charge on any atom is -0.382 e. The molecule has 2 unspecified atom stereocenters. The smallest absolute Gasteiger partial charge is 0.382 e. The molecule has 2 atom stereocenters. The minimum atomic E-state index is -4.71. The number of aromatic nitrogens is 4. The van der Waals surface area contributed by atoms with Crippen molar-refractivity contribution in [2.24, 2.45) is 17.6 Å². The van der Waals surface area contributed by atoms with Crippen LogP contribution in [0.1, 0.15) is 28.9 Å². The minimum absolute atomic E-state index is 0.163. The zero-order valence-electron chi connectivity index (χ0n) is 22.1. The number of halogens is 3. The van der Waals surface area contributed by atoms with Gasteiger partial charge in [0.15, 0.2) is 17.3 Å². The molecule has 41 heavy (non-hydrogen) atoms. The lowest BCUT2D eigenvalue weighted by Crippen LogP contribution is -2.49. The number of pyridine rings is 2. The van der Waals surface area contributed by atoms with Gasteiger partial charge in [-0.3, -0.25) is 4.79 Å². The van der Waals surface area contributed by atoms with Crippen molar-refractivity contribution in [2.75, 3.05) is 60.2 Å². The predicted molar refractivity (Wildman–Crippen MR) is 146 cm³/mol. The Morgan fingerprint density at radius 2 is 1.76 bits per heavy atom. The van der Waals surface area contributed by atoms with E-state index in [0.717, 1.165) is 43.9 Å². The van der Waals surface area contributed by atoms with Crippen LogP contribution in [-0.4, -0.2) is 71.3 Å². The molecule has 0 aromatic carbocycles. The molecule has 2 aliphatic heterocycles. The fourth-order valence-corrected chi connectivity index (χ4v) is 5.90. The Morgan fingerprint density at radius 3 is 2.46 bits per heavy atom. The third-order valence-corrected chi connectivity index (χ3v) is 8.05. The van der Waals surface area contributed by atoms with Gasteiger partial charge < -0.3 is 31.3 Å². The van der Waals surface area contributed by atoms with Crippen molar-refractivity contribution in [1.82, 2.24) is 19.9 Å². The molecule has 2 saturated heterocycles. The molecule has 5 N–H and O–H groups in total. The van der Waals surface area contributed by atoms with E-state index in [1.54, 1.807) is 12.3 Å². The Labute approximate surface area is 234 Å². The van der Waals surface area contributed by atoms with Crippen LogP contribution in [0.15, 0.2) is 36.7 Å². The largest absolute Gasteiger partial charge is 0.418 e. The molecule has 5 heterocycles. The van der Waals surface area contributed by atoms with Crippen LogP contribution in [0.25, 0.3) is 11.4 Å². The monoisotopic (exact) mass is 569 g/mol. The molecule has 6 rings (SSSR count). The highest BCUT2D eigenvalue weighted by Crippen LogP contribution is 2.39. The fraction of sp³-hybridized carbons (Fsp3) is 0.444. The number of nitrogens with two attached hydrogens (primary N) is 2. The first kappa shape index (κ1) is 27.1. The lowest BCUT2D eigenvalue weighted by atomic mass is 9.93. The highest BCUT2D eigenvalue weighted by molar-refractivity contribution is 6.06. The summed E-state index contributed by atoms with van der Waals surface area (Å²) in [6, 6.07) is 6.08. The molecule has 1 saturated carbocycles. The number of hydrogen-bond donors (Lipinski definition) is 3. The Balaban J connectivity index is 1.31. The maximum absolute atomic E-state index is 14.0. The number of ether oxygens (including phenoxy) is 1. The van der Waals surface area contributed by atoms with Gasteiger partial charge in [-0.05, 0) is 48.9 Å². The van der Waals surface area contributed by atoms with Crippen LogP contribution >= 0.6 is 0 Å². The summed E-state index contributed by atoms with van der Waals surface area (Å²) in [6.45, 7) is 3.33. The summed E-state index contributed by atoms with van der Waals surface area (Å²) in [5.74, 6) is 0.380. The van der Waals surface area contributed by atoms with Gasteiger partial charge in [-0.1, -0.05) is 0 Å². The molecule has 11 nitrogen and oxygen atoms in total. The molecule has 0 spiro atoms. The van der Waals surface area contributed by atoms with Crippen LogP contribution in [0, 0.1) is 11.8 Å². The fourth-order valence-electron chi connectivity index (χ4n) is 5.90. The van der Waals surface area contributed by atoms with Gasteiger partial charge in [-0.25, -0.2) is 19.9 Å². The number of hydrogen-bond acceptors (Lipinski definition) is 10. The predicted octanol–water partition coefficient (Wildman–Crippen LogP) is 2.80. The first-order valence-corrected chi connectivity index (χ1v) is 13.5. The number of alkyl halides is 3. The summed E-state index contributed by atoms with van der Waals surface area (Å²) in [5, 5.41) is 2.74. The average molecular weight is 570 g/mol. The van der Waals surface area contributed by atoms with E-state index in [0.29, 0.717) is 49.8 Å². The van der Waals surface area contributed by atoms with E-state index in [9.17, 15) is 18.0 Å². The maximum Gasteiger partial charge on any atom is 0.418 e. The number of anilines is 4. The topological polar surface area (TPSA) is 148 Å². The Bertz CT molecular complexity index is 1430. The van der Waals surface area contributed by atoms with Crippen molar-refractivity contribution in [3.8, 4) is 11.4 Å². The highest BCUT2D eigenvalue weighted by Gasteiger charge is 2.40. The average Bonchev–Trinajstić information content (AvgIpc) is 3.16. The number of piperidine rings is 1. The van der Waals surface area contributed by atoms with E-state index in [1.165, 1.54) is 6.07 Å². The summed E-state index contributed by atoms with van der Waals surface area (Å²) in [4.78, 5) is 34.3. The lowest BCUT2D eigenvalue weighted by molar-refractivity contribution is -0.137. The van der Waals surface area contributed by atoms with Crippen LogP contribution in [0.5, 0.6) is 0 Å². The van der Waals surface area contributed by atoms with Crippen molar-refractivity contribution in [3.63, 3.8) is 0 Å². The molecule has 216 valence electrons. The van der Waals surface area contributed by atoms with Gasteiger partial charge in [0.25, 0.3) is 5.91 Å². The van der Waals surface area contributed by atoms with Crippen molar-refractivity contribution in [3.05, 3.63) is 47.9 Å². The highest BCUT2D eigenvalue weighted by atomic mass is 19.4. The lowest BCUT2D eigenvalue weighted by Gasteiger charge is -2.38. The van der Waals surface area contributed by atoms with Gasteiger partial charge in [-0.2, -0.15) is 13.2 Å². The first-order chi connectivity index (χ1) is 19.7. The van der Waals surface area contributed by atoms with Crippen molar-refractivity contribution in [2.45, 2.75) is 25.1 Å². The summed E-state index contributed by atoms with van der Waals surface area (Å²) in [6.07, 6.45) is 0.0433.